The largest absolute Gasteiger partial charge is 0.355 e. The van der Waals surface area contributed by atoms with Crippen LogP contribution < -0.4 is 10.6 Å². The third-order valence-electron chi connectivity index (χ3n) is 7.31. The standard InChI is InChI=1S/C14H19NO.C12H17NO.C10H13Cl/c1-9(2)13-8-11(5-4-10(13)3)14(16)15-12-6-7-12;1-8(2)11-7-10(12(14)13-4)6-5-9(11)3;1-7(2)10-8(3)5-4-6-9(10)11/h4-5,8-9,12H,6-7H2,1-3H3,(H,15,16);5-8H,1-4H3,(H,13,14);4-7H,1-3H3. The van der Waals surface area contributed by atoms with Crippen LogP contribution in [0.2, 0.25) is 5.02 Å². The van der Waals surface area contributed by atoms with Crippen LogP contribution in [0.15, 0.2) is 54.6 Å². The Balaban J connectivity index is 0.000000219. The van der Waals surface area contributed by atoms with E-state index in [2.05, 4.69) is 79.0 Å². The van der Waals surface area contributed by atoms with Crippen LogP contribution >= 0.6 is 11.6 Å². The first-order valence-corrected chi connectivity index (χ1v) is 15.1. The molecular formula is C36H49ClN2O2. The average Bonchev–Trinajstić information content (AvgIpc) is 3.73. The molecule has 5 heteroatoms. The maximum absolute atomic E-state index is 11.9. The van der Waals surface area contributed by atoms with Gasteiger partial charge in [-0.15, -0.1) is 0 Å². The second-order valence-electron chi connectivity index (χ2n) is 11.9. The minimum absolute atomic E-state index is 0.0214. The van der Waals surface area contributed by atoms with E-state index in [9.17, 15) is 9.59 Å². The lowest BCUT2D eigenvalue weighted by Crippen LogP contribution is -2.25. The van der Waals surface area contributed by atoms with Crippen LogP contribution in [0.5, 0.6) is 0 Å². The van der Waals surface area contributed by atoms with Gasteiger partial charge in [0.2, 0.25) is 0 Å². The van der Waals surface area contributed by atoms with Gasteiger partial charge in [0.05, 0.1) is 0 Å². The van der Waals surface area contributed by atoms with Crippen LogP contribution in [-0.4, -0.2) is 24.9 Å². The van der Waals surface area contributed by atoms with Gasteiger partial charge in [-0.3, -0.25) is 9.59 Å². The van der Waals surface area contributed by atoms with E-state index in [1.807, 2.05) is 48.5 Å². The van der Waals surface area contributed by atoms with E-state index in [1.165, 1.54) is 33.4 Å². The fourth-order valence-electron chi connectivity index (χ4n) is 4.82. The topological polar surface area (TPSA) is 58.2 Å². The molecule has 0 atom stereocenters. The predicted octanol–water partition coefficient (Wildman–Crippen LogP) is 9.26. The summed E-state index contributed by atoms with van der Waals surface area (Å²) in [6, 6.07) is 18.3. The summed E-state index contributed by atoms with van der Waals surface area (Å²) < 4.78 is 0. The third kappa shape index (κ3) is 10.3. The zero-order valence-corrected chi connectivity index (χ0v) is 27.4. The second kappa shape index (κ2) is 15.8. The van der Waals surface area contributed by atoms with Crippen LogP contribution in [-0.2, 0) is 0 Å². The van der Waals surface area contributed by atoms with Gasteiger partial charge in [0.15, 0.2) is 0 Å². The summed E-state index contributed by atoms with van der Waals surface area (Å²) in [6.45, 7) is 19.2. The molecule has 1 aliphatic rings. The molecule has 3 aromatic carbocycles. The number of hydrogen-bond donors (Lipinski definition) is 2. The van der Waals surface area contributed by atoms with E-state index in [0.29, 0.717) is 23.8 Å². The molecule has 41 heavy (non-hydrogen) atoms. The molecule has 0 aromatic heterocycles. The molecule has 0 saturated heterocycles. The van der Waals surface area contributed by atoms with Gasteiger partial charge in [-0.2, -0.15) is 0 Å². The Kier molecular flexibility index (Phi) is 13.1. The SMILES string of the molecule is CNC(=O)c1ccc(C)c(C(C)C)c1.Cc1ccc(C(=O)NC2CC2)cc1C(C)C.Cc1cccc(Cl)c1C(C)C. The number of rotatable bonds is 6. The molecule has 1 fully saturated rings. The Morgan fingerprint density at radius 3 is 1.56 bits per heavy atom. The maximum atomic E-state index is 11.9. The van der Waals surface area contributed by atoms with Crippen molar-refractivity contribution in [2.45, 2.75) is 99.0 Å². The number of benzene rings is 3. The molecule has 2 N–H and O–H groups in total. The molecule has 0 aliphatic heterocycles. The van der Waals surface area contributed by atoms with Gasteiger partial charge in [-0.05, 0) is 115 Å². The summed E-state index contributed by atoms with van der Waals surface area (Å²) >= 11 is 6.02. The minimum Gasteiger partial charge on any atom is -0.355 e. The van der Waals surface area contributed by atoms with Gasteiger partial charge >= 0.3 is 0 Å². The summed E-state index contributed by atoms with van der Waals surface area (Å²) in [6.07, 6.45) is 2.27. The van der Waals surface area contributed by atoms with Gasteiger partial charge in [-0.1, -0.05) is 77.4 Å². The van der Waals surface area contributed by atoms with Crippen molar-refractivity contribution in [3.8, 4) is 0 Å². The van der Waals surface area contributed by atoms with Crippen molar-refractivity contribution in [3.05, 3.63) is 104 Å². The van der Waals surface area contributed by atoms with Gasteiger partial charge in [-0.25, -0.2) is 0 Å². The van der Waals surface area contributed by atoms with Crippen LogP contribution in [0.4, 0.5) is 0 Å². The monoisotopic (exact) mass is 576 g/mol. The highest BCUT2D eigenvalue weighted by Crippen LogP contribution is 2.27. The lowest BCUT2D eigenvalue weighted by atomic mass is 9.95. The first-order valence-electron chi connectivity index (χ1n) is 14.8. The van der Waals surface area contributed by atoms with Crippen molar-refractivity contribution in [1.29, 1.82) is 0 Å². The minimum atomic E-state index is -0.0214. The van der Waals surface area contributed by atoms with Crippen molar-refractivity contribution in [2.24, 2.45) is 0 Å². The molecule has 0 spiro atoms. The van der Waals surface area contributed by atoms with Gasteiger partial charge < -0.3 is 10.6 Å². The number of carbonyl (C=O) groups is 2. The molecule has 0 unspecified atom stereocenters. The maximum Gasteiger partial charge on any atom is 0.251 e. The molecule has 4 nitrogen and oxygen atoms in total. The fraction of sp³-hybridized carbons (Fsp3) is 0.444. The quantitative estimate of drug-likeness (QED) is 0.307. The van der Waals surface area contributed by atoms with E-state index in [-0.39, 0.29) is 11.8 Å². The first-order chi connectivity index (χ1) is 19.3. The number of halogens is 1. The average molecular weight is 577 g/mol. The van der Waals surface area contributed by atoms with Crippen molar-refractivity contribution < 1.29 is 9.59 Å². The Hall–Kier alpha value is -3.11. The molecular weight excluding hydrogens is 528 g/mol. The van der Waals surface area contributed by atoms with E-state index in [1.54, 1.807) is 7.05 Å². The highest BCUT2D eigenvalue weighted by molar-refractivity contribution is 6.31. The summed E-state index contributed by atoms with van der Waals surface area (Å²) in [5.41, 5.74) is 9.10. The number of aryl methyl sites for hydroxylation is 3. The van der Waals surface area contributed by atoms with Gasteiger partial charge in [0, 0.05) is 29.2 Å². The van der Waals surface area contributed by atoms with Crippen molar-refractivity contribution in [1.82, 2.24) is 10.6 Å². The van der Waals surface area contributed by atoms with E-state index in [0.717, 1.165) is 29.0 Å². The molecule has 222 valence electrons. The van der Waals surface area contributed by atoms with Crippen LogP contribution in [0.25, 0.3) is 0 Å². The van der Waals surface area contributed by atoms with E-state index < -0.39 is 0 Å². The lowest BCUT2D eigenvalue weighted by molar-refractivity contribution is 0.0946. The van der Waals surface area contributed by atoms with Crippen LogP contribution in [0.1, 0.15) is 126 Å². The molecule has 3 aromatic rings. The Labute approximate surface area is 253 Å². The molecule has 1 saturated carbocycles. The first kappa shape index (κ1) is 34.1. The zero-order valence-electron chi connectivity index (χ0n) is 26.6. The molecule has 0 radical (unpaired) electrons. The number of nitrogens with one attached hydrogen (secondary N) is 2. The molecule has 0 bridgehead atoms. The summed E-state index contributed by atoms with van der Waals surface area (Å²) in [7, 11) is 1.65. The summed E-state index contributed by atoms with van der Waals surface area (Å²) in [5, 5.41) is 6.53. The number of hydrogen-bond acceptors (Lipinski definition) is 2. The Morgan fingerprint density at radius 1 is 0.707 bits per heavy atom. The normalized spacial score (nSPS) is 12.3. The highest BCUT2D eigenvalue weighted by Gasteiger charge is 2.24. The zero-order chi connectivity index (χ0) is 30.9. The van der Waals surface area contributed by atoms with Crippen LogP contribution in [0, 0.1) is 20.8 Å². The van der Waals surface area contributed by atoms with Crippen molar-refractivity contribution in [2.75, 3.05) is 7.05 Å². The summed E-state index contributed by atoms with van der Waals surface area (Å²) in [4.78, 5) is 23.3. The Bertz CT molecular complexity index is 1300. The molecule has 4 rings (SSSR count). The van der Waals surface area contributed by atoms with E-state index >= 15 is 0 Å². The number of carbonyl (C=O) groups excluding carboxylic acids is 2. The van der Waals surface area contributed by atoms with Crippen LogP contribution in [0.3, 0.4) is 0 Å². The highest BCUT2D eigenvalue weighted by atomic mass is 35.5. The Morgan fingerprint density at radius 2 is 1.20 bits per heavy atom. The molecule has 0 heterocycles. The van der Waals surface area contributed by atoms with Gasteiger partial charge in [0.1, 0.15) is 0 Å². The predicted molar refractivity (Wildman–Crippen MR) is 175 cm³/mol. The molecule has 2 amide bonds. The van der Waals surface area contributed by atoms with Crippen molar-refractivity contribution >= 4 is 23.4 Å². The lowest BCUT2D eigenvalue weighted by Gasteiger charge is -2.11. The second-order valence-corrected chi connectivity index (χ2v) is 12.3. The van der Waals surface area contributed by atoms with Gasteiger partial charge in [0.25, 0.3) is 11.8 Å². The number of amides is 2. The fourth-order valence-corrected chi connectivity index (χ4v) is 5.26. The summed E-state index contributed by atoms with van der Waals surface area (Å²) in [5.74, 6) is 1.49. The van der Waals surface area contributed by atoms with Crippen molar-refractivity contribution in [3.63, 3.8) is 0 Å². The van der Waals surface area contributed by atoms with E-state index in [4.69, 9.17) is 11.6 Å². The smallest absolute Gasteiger partial charge is 0.251 e. The molecule has 1 aliphatic carbocycles. The third-order valence-corrected chi connectivity index (χ3v) is 7.64.